The summed E-state index contributed by atoms with van der Waals surface area (Å²) in [6, 6.07) is 15.4. The SMILES string of the molecule is CN1C2CCC1CN(c1ccc(C#Cc3ccccc3)nn1)CC2. The highest BCUT2D eigenvalue weighted by Gasteiger charge is 2.34. The summed E-state index contributed by atoms with van der Waals surface area (Å²) in [4.78, 5) is 4.93. The summed E-state index contributed by atoms with van der Waals surface area (Å²) in [5, 5.41) is 8.72. The van der Waals surface area contributed by atoms with Crippen LogP contribution in [0.4, 0.5) is 5.82 Å². The van der Waals surface area contributed by atoms with Crippen molar-refractivity contribution in [3.63, 3.8) is 0 Å². The minimum atomic E-state index is 0.650. The van der Waals surface area contributed by atoms with Crippen molar-refractivity contribution in [3.8, 4) is 11.8 Å². The highest BCUT2D eigenvalue weighted by Crippen LogP contribution is 2.29. The summed E-state index contributed by atoms with van der Waals surface area (Å²) in [6.45, 7) is 2.12. The second-order valence-corrected chi connectivity index (χ2v) is 6.68. The molecular formula is C20H22N4. The molecule has 0 aliphatic carbocycles. The molecule has 2 fully saturated rings. The van der Waals surface area contributed by atoms with Gasteiger partial charge in [-0.1, -0.05) is 24.1 Å². The normalized spacial score (nSPS) is 23.5. The van der Waals surface area contributed by atoms with Crippen molar-refractivity contribution < 1.29 is 0 Å². The van der Waals surface area contributed by atoms with Gasteiger partial charge in [0, 0.05) is 30.7 Å². The van der Waals surface area contributed by atoms with Gasteiger partial charge in [-0.2, -0.15) is 0 Å². The van der Waals surface area contributed by atoms with Crippen LogP contribution in [0.5, 0.6) is 0 Å². The maximum Gasteiger partial charge on any atom is 0.151 e. The van der Waals surface area contributed by atoms with E-state index in [1.807, 2.05) is 36.4 Å². The number of anilines is 1. The lowest BCUT2D eigenvalue weighted by molar-refractivity contribution is 0.254. The summed E-state index contributed by atoms with van der Waals surface area (Å²) >= 11 is 0. The van der Waals surface area contributed by atoms with Gasteiger partial charge in [0.25, 0.3) is 0 Å². The minimum absolute atomic E-state index is 0.650. The Labute approximate surface area is 143 Å². The molecule has 2 saturated heterocycles. The zero-order valence-electron chi connectivity index (χ0n) is 14.0. The number of hydrogen-bond donors (Lipinski definition) is 0. The first-order chi connectivity index (χ1) is 11.8. The van der Waals surface area contributed by atoms with Gasteiger partial charge in [0.15, 0.2) is 5.82 Å². The number of likely N-dealkylation sites (N-methyl/N-ethyl adjacent to an activating group) is 1. The zero-order valence-corrected chi connectivity index (χ0v) is 14.0. The molecule has 122 valence electrons. The van der Waals surface area contributed by atoms with Gasteiger partial charge in [0.2, 0.25) is 0 Å². The van der Waals surface area contributed by atoms with E-state index in [0.717, 1.165) is 36.2 Å². The Morgan fingerprint density at radius 3 is 2.54 bits per heavy atom. The molecule has 0 N–H and O–H groups in total. The van der Waals surface area contributed by atoms with Crippen LogP contribution in [0.3, 0.4) is 0 Å². The number of nitrogens with zero attached hydrogens (tertiary/aromatic N) is 4. The van der Waals surface area contributed by atoms with Crippen molar-refractivity contribution in [2.45, 2.75) is 31.3 Å². The Morgan fingerprint density at radius 1 is 0.917 bits per heavy atom. The van der Waals surface area contributed by atoms with E-state index >= 15 is 0 Å². The van der Waals surface area contributed by atoms with Crippen LogP contribution in [0.1, 0.15) is 30.5 Å². The molecule has 2 bridgehead atoms. The van der Waals surface area contributed by atoms with Crippen molar-refractivity contribution in [2.75, 3.05) is 25.0 Å². The molecule has 2 unspecified atom stereocenters. The van der Waals surface area contributed by atoms with Crippen LogP contribution in [-0.4, -0.2) is 47.3 Å². The monoisotopic (exact) mass is 318 g/mol. The molecule has 2 aromatic rings. The molecule has 4 nitrogen and oxygen atoms in total. The third kappa shape index (κ3) is 3.13. The molecule has 4 rings (SSSR count). The molecule has 3 heterocycles. The van der Waals surface area contributed by atoms with E-state index in [1.54, 1.807) is 0 Å². The minimum Gasteiger partial charge on any atom is -0.354 e. The lowest BCUT2D eigenvalue weighted by atomic mass is 10.1. The summed E-state index contributed by atoms with van der Waals surface area (Å²) in [7, 11) is 2.26. The Balaban J connectivity index is 1.47. The third-order valence-electron chi connectivity index (χ3n) is 5.23. The molecule has 4 heteroatoms. The summed E-state index contributed by atoms with van der Waals surface area (Å²) in [5.41, 5.74) is 1.71. The molecule has 0 saturated carbocycles. The van der Waals surface area contributed by atoms with Gasteiger partial charge in [-0.05, 0) is 56.5 Å². The van der Waals surface area contributed by atoms with Crippen molar-refractivity contribution in [2.24, 2.45) is 0 Å². The van der Waals surface area contributed by atoms with Crippen LogP contribution >= 0.6 is 0 Å². The average molecular weight is 318 g/mol. The average Bonchev–Trinajstić information content (AvgIpc) is 2.87. The van der Waals surface area contributed by atoms with E-state index in [1.165, 1.54) is 19.3 Å². The fraction of sp³-hybridized carbons (Fsp3) is 0.400. The van der Waals surface area contributed by atoms with Crippen molar-refractivity contribution in [1.29, 1.82) is 0 Å². The van der Waals surface area contributed by atoms with Gasteiger partial charge in [0.05, 0.1) is 0 Å². The molecule has 2 aliphatic heterocycles. The van der Waals surface area contributed by atoms with E-state index in [2.05, 4.69) is 45.0 Å². The smallest absolute Gasteiger partial charge is 0.151 e. The molecule has 0 spiro atoms. The van der Waals surface area contributed by atoms with Gasteiger partial charge in [-0.3, -0.25) is 4.90 Å². The molecule has 1 aromatic carbocycles. The quantitative estimate of drug-likeness (QED) is 0.757. The van der Waals surface area contributed by atoms with Crippen molar-refractivity contribution >= 4 is 5.82 Å². The molecule has 24 heavy (non-hydrogen) atoms. The fourth-order valence-corrected chi connectivity index (χ4v) is 3.74. The Bertz CT molecular complexity index is 745. The predicted molar refractivity (Wildman–Crippen MR) is 95.9 cm³/mol. The molecular weight excluding hydrogens is 296 g/mol. The van der Waals surface area contributed by atoms with Gasteiger partial charge < -0.3 is 4.90 Å². The topological polar surface area (TPSA) is 32.3 Å². The molecule has 2 aliphatic rings. The zero-order chi connectivity index (χ0) is 16.4. The molecule has 2 atom stereocenters. The second-order valence-electron chi connectivity index (χ2n) is 6.68. The maximum absolute atomic E-state index is 4.42. The largest absolute Gasteiger partial charge is 0.354 e. The Morgan fingerprint density at radius 2 is 1.75 bits per heavy atom. The first-order valence-corrected chi connectivity index (χ1v) is 8.67. The van der Waals surface area contributed by atoms with E-state index in [-0.39, 0.29) is 0 Å². The van der Waals surface area contributed by atoms with Gasteiger partial charge in [-0.15, -0.1) is 10.2 Å². The molecule has 1 aromatic heterocycles. The second kappa shape index (κ2) is 6.62. The highest BCUT2D eigenvalue weighted by molar-refractivity contribution is 5.43. The first-order valence-electron chi connectivity index (χ1n) is 8.67. The molecule has 0 radical (unpaired) electrons. The van der Waals surface area contributed by atoms with Crippen LogP contribution in [-0.2, 0) is 0 Å². The number of hydrogen-bond acceptors (Lipinski definition) is 4. The van der Waals surface area contributed by atoms with Gasteiger partial charge >= 0.3 is 0 Å². The lowest BCUT2D eigenvalue weighted by Crippen LogP contribution is -2.37. The fourth-order valence-electron chi connectivity index (χ4n) is 3.74. The number of aromatic nitrogens is 2. The van der Waals surface area contributed by atoms with Gasteiger partial charge in [0.1, 0.15) is 5.69 Å². The number of benzene rings is 1. The molecule has 0 amide bonds. The Hall–Kier alpha value is -2.38. The van der Waals surface area contributed by atoms with Crippen molar-refractivity contribution in [3.05, 3.63) is 53.7 Å². The van der Waals surface area contributed by atoms with Crippen LogP contribution in [0.2, 0.25) is 0 Å². The van der Waals surface area contributed by atoms with Crippen LogP contribution in [0.25, 0.3) is 0 Å². The number of rotatable bonds is 1. The van der Waals surface area contributed by atoms with E-state index in [4.69, 9.17) is 0 Å². The Kier molecular flexibility index (Phi) is 4.18. The van der Waals surface area contributed by atoms with E-state index in [0.29, 0.717) is 6.04 Å². The van der Waals surface area contributed by atoms with Gasteiger partial charge in [-0.25, -0.2) is 0 Å². The summed E-state index contributed by atoms with van der Waals surface area (Å²) in [6.07, 6.45) is 3.85. The number of fused-ring (bicyclic) bond motifs is 2. The van der Waals surface area contributed by atoms with E-state index in [9.17, 15) is 0 Å². The van der Waals surface area contributed by atoms with E-state index < -0.39 is 0 Å². The van der Waals surface area contributed by atoms with Crippen LogP contribution in [0, 0.1) is 11.8 Å². The van der Waals surface area contributed by atoms with Crippen LogP contribution < -0.4 is 4.90 Å². The maximum atomic E-state index is 4.42. The summed E-state index contributed by atoms with van der Waals surface area (Å²) in [5.74, 6) is 7.19. The van der Waals surface area contributed by atoms with Crippen molar-refractivity contribution in [1.82, 2.24) is 15.1 Å². The highest BCUT2D eigenvalue weighted by atomic mass is 15.3. The first kappa shape index (κ1) is 15.2. The van der Waals surface area contributed by atoms with Crippen LogP contribution in [0.15, 0.2) is 42.5 Å². The predicted octanol–water partition coefficient (Wildman–Crippen LogP) is 2.55. The summed E-state index contributed by atoms with van der Waals surface area (Å²) < 4.78 is 0. The lowest BCUT2D eigenvalue weighted by Gasteiger charge is -2.26. The third-order valence-corrected chi connectivity index (χ3v) is 5.23. The standard InChI is InChI=1S/C20H22N4/c1-23-18-10-11-19(23)15-24(14-13-18)20-12-9-17(21-22-20)8-7-16-5-3-2-4-6-16/h2-6,9,12,18-19H,10-11,13-15H2,1H3.